The van der Waals surface area contributed by atoms with Gasteiger partial charge in [0.2, 0.25) is 5.91 Å². The number of piperidine rings is 1. The fourth-order valence-corrected chi connectivity index (χ4v) is 2.77. The van der Waals surface area contributed by atoms with Gasteiger partial charge in [-0.25, -0.2) is 4.39 Å². The summed E-state index contributed by atoms with van der Waals surface area (Å²) in [7, 11) is 0. The van der Waals surface area contributed by atoms with Gasteiger partial charge in [0.15, 0.2) is 0 Å². The molecule has 1 aromatic carbocycles. The molecule has 1 aromatic rings. The summed E-state index contributed by atoms with van der Waals surface area (Å²) in [5, 5.41) is 3.34. The van der Waals surface area contributed by atoms with Gasteiger partial charge in [-0.3, -0.25) is 4.79 Å². The zero-order chi connectivity index (χ0) is 14.6. The lowest BCUT2D eigenvalue weighted by Crippen LogP contribution is -2.57. The van der Waals surface area contributed by atoms with Gasteiger partial charge in [-0.2, -0.15) is 0 Å². The quantitative estimate of drug-likeness (QED) is 0.918. The minimum Gasteiger partial charge on any atom is -0.337 e. The molecule has 0 spiro atoms. The molecule has 0 aromatic heterocycles. The highest BCUT2D eigenvalue weighted by Gasteiger charge is 2.36. The number of nitrogens with zero attached hydrogens (tertiary/aromatic N) is 1. The molecular weight excluding hydrogens is 255 g/mol. The van der Waals surface area contributed by atoms with Crippen molar-refractivity contribution in [3.63, 3.8) is 0 Å². The lowest BCUT2D eigenvalue weighted by atomic mass is 9.89. The molecule has 1 saturated heterocycles. The van der Waals surface area contributed by atoms with Crippen molar-refractivity contribution in [1.82, 2.24) is 10.2 Å². The van der Waals surface area contributed by atoms with Crippen LogP contribution in [0.3, 0.4) is 0 Å². The average Bonchev–Trinajstić information content (AvgIpc) is 2.45. The molecule has 1 amide bonds. The highest BCUT2D eigenvalue weighted by molar-refractivity contribution is 5.86. The van der Waals surface area contributed by atoms with Crippen LogP contribution in [0.4, 0.5) is 4.39 Å². The minimum atomic E-state index is -0.471. The molecule has 0 radical (unpaired) electrons. The molecule has 110 valence electrons. The predicted octanol–water partition coefficient (Wildman–Crippen LogP) is 2.71. The number of carbonyl (C=O) groups is 1. The summed E-state index contributed by atoms with van der Waals surface area (Å²) >= 11 is 0. The largest absolute Gasteiger partial charge is 0.337 e. The van der Waals surface area contributed by atoms with Crippen molar-refractivity contribution in [2.75, 3.05) is 13.1 Å². The number of hydrogen-bond donors (Lipinski definition) is 1. The maximum absolute atomic E-state index is 13.2. The van der Waals surface area contributed by atoms with Gasteiger partial charge < -0.3 is 10.2 Å². The van der Waals surface area contributed by atoms with Crippen molar-refractivity contribution in [2.45, 2.75) is 45.2 Å². The second kappa shape index (κ2) is 6.35. The number of amides is 1. The second-order valence-corrected chi connectivity index (χ2v) is 5.67. The van der Waals surface area contributed by atoms with Crippen LogP contribution in [0.5, 0.6) is 0 Å². The van der Waals surface area contributed by atoms with E-state index in [1.54, 1.807) is 11.0 Å². The lowest BCUT2D eigenvalue weighted by molar-refractivity contribution is -0.139. The first-order valence-electron chi connectivity index (χ1n) is 7.34. The summed E-state index contributed by atoms with van der Waals surface area (Å²) in [6.45, 7) is 5.92. The van der Waals surface area contributed by atoms with Gasteiger partial charge in [0.05, 0.1) is 5.54 Å². The van der Waals surface area contributed by atoms with E-state index in [9.17, 15) is 9.18 Å². The first kappa shape index (κ1) is 15.0. The topological polar surface area (TPSA) is 32.3 Å². The highest BCUT2D eigenvalue weighted by Crippen LogP contribution is 2.22. The summed E-state index contributed by atoms with van der Waals surface area (Å²) in [5.41, 5.74) is 0.362. The standard InChI is InChI=1S/C16H23FN2O/c1-3-19(12-13-7-6-8-14(17)11-13)15(20)16(2)9-4-5-10-18-16/h6-8,11,18H,3-5,9-10,12H2,1-2H3. The summed E-state index contributed by atoms with van der Waals surface area (Å²) in [6.07, 6.45) is 3.07. The van der Waals surface area contributed by atoms with E-state index in [4.69, 9.17) is 0 Å². The molecule has 0 saturated carbocycles. The summed E-state index contributed by atoms with van der Waals surface area (Å²) in [4.78, 5) is 14.5. The minimum absolute atomic E-state index is 0.115. The monoisotopic (exact) mass is 278 g/mol. The molecule has 0 bridgehead atoms. The Morgan fingerprint density at radius 2 is 2.25 bits per heavy atom. The van der Waals surface area contributed by atoms with Crippen LogP contribution in [-0.4, -0.2) is 29.4 Å². The van der Waals surface area contributed by atoms with Gasteiger partial charge in [-0.1, -0.05) is 12.1 Å². The Bertz CT molecular complexity index is 469. The summed E-state index contributed by atoms with van der Waals surface area (Å²) in [5.74, 6) is -0.142. The van der Waals surface area contributed by atoms with Gasteiger partial charge in [-0.05, 0) is 57.4 Å². The molecule has 2 rings (SSSR count). The molecule has 1 aliphatic rings. The van der Waals surface area contributed by atoms with Crippen LogP contribution in [0.2, 0.25) is 0 Å². The van der Waals surface area contributed by atoms with Gasteiger partial charge in [0.1, 0.15) is 5.82 Å². The Kier molecular flexibility index (Phi) is 4.76. The summed E-state index contributed by atoms with van der Waals surface area (Å²) < 4.78 is 13.2. The number of rotatable bonds is 4. The van der Waals surface area contributed by atoms with Crippen molar-refractivity contribution in [2.24, 2.45) is 0 Å². The zero-order valence-electron chi connectivity index (χ0n) is 12.3. The van der Waals surface area contributed by atoms with Crippen LogP contribution >= 0.6 is 0 Å². The Balaban J connectivity index is 2.09. The van der Waals surface area contributed by atoms with Crippen LogP contribution in [0, 0.1) is 5.82 Å². The maximum Gasteiger partial charge on any atom is 0.242 e. The molecule has 3 nitrogen and oxygen atoms in total. The van der Waals surface area contributed by atoms with Gasteiger partial charge in [0, 0.05) is 13.1 Å². The van der Waals surface area contributed by atoms with Crippen molar-refractivity contribution >= 4 is 5.91 Å². The summed E-state index contributed by atoms with van der Waals surface area (Å²) in [6, 6.07) is 6.46. The number of likely N-dealkylation sites (N-methyl/N-ethyl adjacent to an activating group) is 1. The molecule has 1 unspecified atom stereocenters. The molecule has 1 atom stereocenters. The van der Waals surface area contributed by atoms with Gasteiger partial charge in [-0.15, -0.1) is 0 Å². The Hall–Kier alpha value is -1.42. The normalized spacial score (nSPS) is 22.6. The lowest BCUT2D eigenvalue weighted by Gasteiger charge is -2.37. The van der Waals surface area contributed by atoms with Gasteiger partial charge in [0.25, 0.3) is 0 Å². The van der Waals surface area contributed by atoms with Crippen molar-refractivity contribution < 1.29 is 9.18 Å². The van der Waals surface area contributed by atoms with Gasteiger partial charge >= 0.3 is 0 Å². The first-order chi connectivity index (χ1) is 9.55. The maximum atomic E-state index is 13.2. The first-order valence-corrected chi connectivity index (χ1v) is 7.34. The predicted molar refractivity (Wildman–Crippen MR) is 77.7 cm³/mol. The number of halogens is 1. The van der Waals surface area contributed by atoms with Crippen molar-refractivity contribution in [3.05, 3.63) is 35.6 Å². The van der Waals surface area contributed by atoms with E-state index in [1.165, 1.54) is 12.1 Å². The Labute approximate surface area is 120 Å². The fourth-order valence-electron chi connectivity index (χ4n) is 2.77. The van der Waals surface area contributed by atoms with Crippen molar-refractivity contribution in [1.29, 1.82) is 0 Å². The molecular formula is C16H23FN2O. The second-order valence-electron chi connectivity index (χ2n) is 5.67. The van der Waals surface area contributed by atoms with E-state index in [1.807, 2.05) is 19.9 Å². The molecule has 4 heteroatoms. The smallest absolute Gasteiger partial charge is 0.242 e. The molecule has 1 heterocycles. The van der Waals surface area contributed by atoms with Crippen LogP contribution in [0.15, 0.2) is 24.3 Å². The van der Waals surface area contributed by atoms with Crippen LogP contribution in [0.1, 0.15) is 38.7 Å². The van der Waals surface area contributed by atoms with E-state index in [0.29, 0.717) is 13.1 Å². The number of carbonyl (C=O) groups excluding carboxylic acids is 1. The Morgan fingerprint density at radius 1 is 1.45 bits per heavy atom. The van der Waals surface area contributed by atoms with E-state index in [-0.39, 0.29) is 11.7 Å². The number of benzene rings is 1. The zero-order valence-corrected chi connectivity index (χ0v) is 12.3. The van der Waals surface area contributed by atoms with Crippen LogP contribution in [-0.2, 0) is 11.3 Å². The molecule has 1 aliphatic heterocycles. The number of nitrogens with one attached hydrogen (secondary N) is 1. The third-order valence-corrected chi connectivity index (χ3v) is 4.02. The fraction of sp³-hybridized carbons (Fsp3) is 0.562. The molecule has 1 N–H and O–H groups in total. The molecule has 0 aliphatic carbocycles. The third kappa shape index (κ3) is 3.37. The Morgan fingerprint density at radius 3 is 2.85 bits per heavy atom. The number of hydrogen-bond acceptors (Lipinski definition) is 2. The van der Waals surface area contributed by atoms with Crippen LogP contribution < -0.4 is 5.32 Å². The molecule has 20 heavy (non-hydrogen) atoms. The third-order valence-electron chi connectivity index (χ3n) is 4.02. The molecule has 1 fully saturated rings. The van der Waals surface area contributed by atoms with Crippen LogP contribution in [0.25, 0.3) is 0 Å². The van der Waals surface area contributed by atoms with E-state index in [0.717, 1.165) is 31.4 Å². The van der Waals surface area contributed by atoms with Crippen molar-refractivity contribution in [3.8, 4) is 0 Å². The highest BCUT2D eigenvalue weighted by atomic mass is 19.1. The average molecular weight is 278 g/mol. The SMILES string of the molecule is CCN(Cc1cccc(F)c1)C(=O)C1(C)CCCCN1. The van der Waals surface area contributed by atoms with E-state index < -0.39 is 5.54 Å². The van der Waals surface area contributed by atoms with E-state index >= 15 is 0 Å². The van der Waals surface area contributed by atoms with E-state index in [2.05, 4.69) is 5.32 Å².